The van der Waals surface area contributed by atoms with Gasteiger partial charge in [0.15, 0.2) is 0 Å². The number of nitrogens with zero attached hydrogens (tertiary/aromatic N) is 1. The number of carbonyl (C=O) groups is 1. The third-order valence-electron chi connectivity index (χ3n) is 1.66. The van der Waals surface area contributed by atoms with Gasteiger partial charge in [0.2, 0.25) is 6.08 Å². The molecule has 0 aliphatic rings. The lowest BCUT2D eigenvalue weighted by Gasteiger charge is -1.99. The maximum atomic E-state index is 10.9. The van der Waals surface area contributed by atoms with Crippen molar-refractivity contribution in [1.29, 1.82) is 0 Å². The van der Waals surface area contributed by atoms with E-state index >= 15 is 0 Å². The van der Waals surface area contributed by atoms with E-state index < -0.39 is 0 Å². The highest BCUT2D eigenvalue weighted by Gasteiger charge is 2.02. The van der Waals surface area contributed by atoms with Crippen LogP contribution in [0.4, 0.5) is 5.69 Å². The monoisotopic (exact) mass is 191 g/mol. The van der Waals surface area contributed by atoms with E-state index in [1.807, 2.05) is 0 Å². The zero-order valence-electron chi connectivity index (χ0n) is 7.69. The molecular formula is C10H9NO3. The molecular weight excluding hydrogens is 182 g/mol. The topological polar surface area (TPSA) is 55.7 Å². The van der Waals surface area contributed by atoms with Crippen molar-refractivity contribution in [1.82, 2.24) is 0 Å². The van der Waals surface area contributed by atoms with Crippen LogP contribution in [0.3, 0.4) is 0 Å². The second-order valence-electron chi connectivity index (χ2n) is 2.63. The third kappa shape index (κ3) is 2.84. The Kier molecular flexibility index (Phi) is 3.58. The van der Waals surface area contributed by atoms with Gasteiger partial charge < -0.3 is 4.74 Å². The molecule has 0 N–H and O–H groups in total. The van der Waals surface area contributed by atoms with Crippen LogP contribution in [0.15, 0.2) is 29.3 Å². The normalized spacial score (nSPS) is 8.93. The number of benzene rings is 1. The highest BCUT2D eigenvalue weighted by atomic mass is 16.5. The predicted octanol–water partition coefficient (Wildman–Crippen LogP) is 1.37. The van der Waals surface area contributed by atoms with Crippen LogP contribution >= 0.6 is 0 Å². The van der Waals surface area contributed by atoms with Crippen LogP contribution in [0, 0.1) is 0 Å². The molecule has 4 heteroatoms. The Morgan fingerprint density at radius 1 is 1.57 bits per heavy atom. The first-order chi connectivity index (χ1) is 6.76. The molecule has 4 nitrogen and oxygen atoms in total. The molecule has 0 saturated heterocycles. The standard InChI is InChI=1S/C10H9NO3/c1-14-10(13)6-8-3-2-4-9(5-8)11-7-12/h2-5H,6H2,1H3. The fraction of sp³-hybridized carbons (Fsp3) is 0.200. The van der Waals surface area contributed by atoms with Gasteiger partial charge in [-0.25, -0.2) is 4.79 Å². The number of aliphatic imine (C=N–C) groups is 1. The zero-order chi connectivity index (χ0) is 10.4. The molecule has 0 aliphatic carbocycles. The lowest BCUT2D eigenvalue weighted by molar-refractivity contribution is -0.139. The van der Waals surface area contributed by atoms with Crippen molar-refractivity contribution in [3.05, 3.63) is 29.8 Å². The van der Waals surface area contributed by atoms with Gasteiger partial charge in [-0.05, 0) is 17.7 Å². The van der Waals surface area contributed by atoms with Crippen molar-refractivity contribution >= 4 is 17.7 Å². The summed E-state index contributed by atoms with van der Waals surface area (Å²) in [6.45, 7) is 0. The minimum absolute atomic E-state index is 0.179. The number of ether oxygens (including phenoxy) is 1. The summed E-state index contributed by atoms with van der Waals surface area (Å²) in [5, 5.41) is 0. The minimum Gasteiger partial charge on any atom is -0.469 e. The lowest BCUT2D eigenvalue weighted by atomic mass is 10.1. The summed E-state index contributed by atoms with van der Waals surface area (Å²) in [5.41, 5.74) is 1.25. The number of rotatable bonds is 3. The Morgan fingerprint density at radius 3 is 3.00 bits per heavy atom. The lowest BCUT2D eigenvalue weighted by Crippen LogP contribution is -2.03. The van der Waals surface area contributed by atoms with Crippen molar-refractivity contribution in [2.24, 2.45) is 4.99 Å². The molecule has 0 amide bonds. The zero-order valence-corrected chi connectivity index (χ0v) is 7.69. The second kappa shape index (κ2) is 4.94. The average Bonchev–Trinajstić information content (AvgIpc) is 2.19. The molecule has 1 rings (SSSR count). The Labute approximate surface area is 81.2 Å². The van der Waals surface area contributed by atoms with Crippen LogP contribution in [0.25, 0.3) is 0 Å². The summed E-state index contributed by atoms with van der Waals surface area (Å²) in [7, 11) is 1.33. The summed E-state index contributed by atoms with van der Waals surface area (Å²) in [6.07, 6.45) is 1.62. The van der Waals surface area contributed by atoms with E-state index in [4.69, 9.17) is 0 Å². The van der Waals surface area contributed by atoms with E-state index in [-0.39, 0.29) is 12.4 Å². The van der Waals surface area contributed by atoms with Gasteiger partial charge in [-0.2, -0.15) is 4.99 Å². The molecule has 0 aliphatic heterocycles. The number of hydrogen-bond donors (Lipinski definition) is 0. The van der Waals surface area contributed by atoms with E-state index in [2.05, 4.69) is 9.73 Å². The minimum atomic E-state index is -0.322. The molecule has 0 atom stereocenters. The highest BCUT2D eigenvalue weighted by molar-refractivity contribution is 5.72. The molecule has 14 heavy (non-hydrogen) atoms. The summed E-state index contributed by atoms with van der Waals surface area (Å²) in [5.74, 6) is -0.322. The quantitative estimate of drug-likeness (QED) is 0.412. The van der Waals surface area contributed by atoms with Crippen molar-refractivity contribution in [3.63, 3.8) is 0 Å². The number of carbonyl (C=O) groups excluding carboxylic acids is 2. The van der Waals surface area contributed by atoms with Crippen LogP contribution in [0.2, 0.25) is 0 Å². The van der Waals surface area contributed by atoms with Crippen molar-refractivity contribution < 1.29 is 14.3 Å². The first kappa shape index (κ1) is 10.2. The molecule has 1 aromatic carbocycles. The highest BCUT2D eigenvalue weighted by Crippen LogP contribution is 2.13. The van der Waals surface area contributed by atoms with Crippen LogP contribution in [-0.2, 0) is 20.7 Å². The van der Waals surface area contributed by atoms with Gasteiger partial charge in [0, 0.05) is 0 Å². The fourth-order valence-corrected chi connectivity index (χ4v) is 1.03. The molecule has 0 aromatic heterocycles. The Hall–Kier alpha value is -1.93. The van der Waals surface area contributed by atoms with Crippen molar-refractivity contribution in [2.75, 3.05) is 7.11 Å². The number of esters is 1. The van der Waals surface area contributed by atoms with E-state index in [0.29, 0.717) is 5.69 Å². The van der Waals surface area contributed by atoms with Gasteiger partial charge in [0.25, 0.3) is 0 Å². The van der Waals surface area contributed by atoms with Gasteiger partial charge in [0.1, 0.15) is 0 Å². The second-order valence-corrected chi connectivity index (χ2v) is 2.63. The van der Waals surface area contributed by atoms with Crippen LogP contribution < -0.4 is 0 Å². The fourth-order valence-electron chi connectivity index (χ4n) is 1.03. The first-order valence-electron chi connectivity index (χ1n) is 4.00. The molecule has 1 aromatic rings. The predicted molar refractivity (Wildman–Crippen MR) is 49.9 cm³/mol. The Balaban J connectivity index is 2.83. The van der Waals surface area contributed by atoms with E-state index in [0.717, 1.165) is 5.56 Å². The molecule has 0 spiro atoms. The van der Waals surface area contributed by atoms with Crippen molar-refractivity contribution in [2.45, 2.75) is 6.42 Å². The SMILES string of the molecule is COC(=O)Cc1cccc(N=C=O)c1. The molecule has 72 valence electrons. The molecule has 0 bridgehead atoms. The maximum absolute atomic E-state index is 10.9. The summed E-state index contributed by atoms with van der Waals surface area (Å²) >= 11 is 0. The van der Waals surface area contributed by atoms with E-state index in [9.17, 15) is 9.59 Å². The van der Waals surface area contributed by atoms with Gasteiger partial charge in [0.05, 0.1) is 19.2 Å². The van der Waals surface area contributed by atoms with Gasteiger partial charge in [-0.3, -0.25) is 4.79 Å². The van der Waals surface area contributed by atoms with Gasteiger partial charge in [-0.15, -0.1) is 0 Å². The maximum Gasteiger partial charge on any atom is 0.309 e. The number of hydrogen-bond acceptors (Lipinski definition) is 4. The summed E-state index contributed by atoms with van der Waals surface area (Å²) in [6, 6.07) is 6.78. The van der Waals surface area contributed by atoms with Crippen LogP contribution in [-0.4, -0.2) is 19.2 Å². The Morgan fingerprint density at radius 2 is 2.36 bits per heavy atom. The van der Waals surface area contributed by atoms with E-state index in [1.54, 1.807) is 24.3 Å². The molecule has 0 heterocycles. The largest absolute Gasteiger partial charge is 0.469 e. The van der Waals surface area contributed by atoms with Crippen LogP contribution in [0.1, 0.15) is 5.56 Å². The van der Waals surface area contributed by atoms with Crippen molar-refractivity contribution in [3.8, 4) is 0 Å². The smallest absolute Gasteiger partial charge is 0.309 e. The first-order valence-corrected chi connectivity index (χ1v) is 4.00. The van der Waals surface area contributed by atoms with Gasteiger partial charge in [-0.1, -0.05) is 12.1 Å². The number of methoxy groups -OCH3 is 1. The summed E-state index contributed by atoms with van der Waals surface area (Å²) < 4.78 is 4.51. The third-order valence-corrected chi connectivity index (χ3v) is 1.66. The molecule has 0 radical (unpaired) electrons. The van der Waals surface area contributed by atoms with E-state index in [1.165, 1.54) is 13.2 Å². The number of isocyanates is 1. The Bertz CT molecular complexity index is 381. The average molecular weight is 191 g/mol. The van der Waals surface area contributed by atoms with Gasteiger partial charge >= 0.3 is 5.97 Å². The molecule has 0 fully saturated rings. The van der Waals surface area contributed by atoms with Crippen LogP contribution in [0.5, 0.6) is 0 Å². The summed E-state index contributed by atoms with van der Waals surface area (Å²) in [4.78, 5) is 24.3. The molecule has 0 saturated carbocycles. The molecule has 0 unspecified atom stereocenters.